The van der Waals surface area contributed by atoms with E-state index < -0.39 is 39.1 Å². The molecule has 0 fully saturated rings. The fraction of sp³-hybridized carbons (Fsp3) is 0.320. The van der Waals surface area contributed by atoms with Crippen LogP contribution in [0.5, 0.6) is 5.88 Å². The van der Waals surface area contributed by atoms with E-state index in [1.807, 2.05) is 0 Å². The van der Waals surface area contributed by atoms with Gasteiger partial charge in [-0.05, 0) is 39.0 Å². The first kappa shape index (κ1) is 27.8. The Morgan fingerprint density at radius 3 is 2.58 bits per heavy atom. The summed E-state index contributed by atoms with van der Waals surface area (Å²) in [4.78, 5) is 12.5. The summed E-state index contributed by atoms with van der Waals surface area (Å²) in [6, 6.07) is 5.43. The number of hydrogen-bond donors (Lipinski definition) is 1. The van der Waals surface area contributed by atoms with Gasteiger partial charge >= 0.3 is 0 Å². The van der Waals surface area contributed by atoms with E-state index in [1.165, 1.54) is 36.1 Å². The average molecular weight is 592 g/mol. The molecule has 0 saturated heterocycles. The third-order valence-electron chi connectivity index (χ3n) is 6.18. The van der Waals surface area contributed by atoms with Crippen LogP contribution in [0.4, 0.5) is 14.7 Å². The molecule has 15 heteroatoms. The summed E-state index contributed by atoms with van der Waals surface area (Å²) in [5.74, 6) is -1.32. The van der Waals surface area contributed by atoms with E-state index in [1.54, 1.807) is 26.0 Å². The van der Waals surface area contributed by atoms with Crippen molar-refractivity contribution in [3.05, 3.63) is 77.0 Å². The van der Waals surface area contributed by atoms with Gasteiger partial charge in [0.1, 0.15) is 35.6 Å². The maximum Gasteiger partial charge on any atom is 0.240 e. The van der Waals surface area contributed by atoms with Crippen molar-refractivity contribution in [1.82, 2.24) is 29.7 Å². The highest BCUT2D eigenvalue weighted by Crippen LogP contribution is 2.38. The number of halogens is 3. The highest BCUT2D eigenvalue weighted by atomic mass is 35.5. The molecular formula is C25H24ClF2N7O4S. The standard InChI is InChI=1S/C25H24ClF2N7O4S/c1-13(2)39-21(22-30-10-15(26)11-31-22)14(3)40(36,37)34-25-33-32-23-18-5-4-8-29-24(18)38-12-20(35(23)25)17-7-6-16(27)9-19(17)28/h4-11,13-14,20-21H,12H2,1-3H3,(H,33,34)/t14-,20-,21+/m0/s1. The van der Waals surface area contributed by atoms with Crippen molar-refractivity contribution < 1.29 is 26.7 Å². The Kier molecular flexibility index (Phi) is 7.66. The van der Waals surface area contributed by atoms with Crippen molar-refractivity contribution in [2.24, 2.45) is 0 Å². The van der Waals surface area contributed by atoms with Gasteiger partial charge in [0.15, 0.2) is 11.6 Å². The molecule has 0 aliphatic carbocycles. The van der Waals surface area contributed by atoms with Gasteiger partial charge in [0.2, 0.25) is 21.9 Å². The fourth-order valence-corrected chi connectivity index (χ4v) is 5.46. The number of aromatic nitrogens is 6. The molecule has 0 unspecified atom stereocenters. The van der Waals surface area contributed by atoms with E-state index >= 15 is 0 Å². The molecule has 0 amide bonds. The van der Waals surface area contributed by atoms with E-state index in [9.17, 15) is 17.2 Å². The Labute approximate surface area is 233 Å². The van der Waals surface area contributed by atoms with E-state index in [-0.39, 0.29) is 46.8 Å². The lowest BCUT2D eigenvalue weighted by atomic mass is 10.1. The van der Waals surface area contributed by atoms with Crippen molar-refractivity contribution in [2.45, 2.75) is 44.3 Å². The molecule has 0 spiro atoms. The molecule has 5 rings (SSSR count). The molecule has 4 heterocycles. The van der Waals surface area contributed by atoms with Crippen LogP contribution in [-0.4, -0.2) is 56.1 Å². The van der Waals surface area contributed by atoms with Gasteiger partial charge in [-0.2, -0.15) is 0 Å². The van der Waals surface area contributed by atoms with Crippen LogP contribution in [0.15, 0.2) is 48.9 Å². The zero-order valence-electron chi connectivity index (χ0n) is 21.5. The van der Waals surface area contributed by atoms with Crippen LogP contribution in [0.3, 0.4) is 0 Å². The Morgan fingerprint density at radius 2 is 1.88 bits per heavy atom. The number of anilines is 1. The molecule has 40 heavy (non-hydrogen) atoms. The molecule has 1 N–H and O–H groups in total. The molecule has 1 aromatic carbocycles. The number of nitrogens with zero attached hydrogens (tertiary/aromatic N) is 6. The van der Waals surface area contributed by atoms with Crippen LogP contribution in [0.1, 0.15) is 44.3 Å². The second-order valence-electron chi connectivity index (χ2n) is 9.28. The van der Waals surface area contributed by atoms with Crippen LogP contribution in [0.2, 0.25) is 5.02 Å². The number of sulfonamides is 1. The van der Waals surface area contributed by atoms with E-state index in [2.05, 4.69) is 29.9 Å². The second kappa shape index (κ2) is 11.0. The quantitative estimate of drug-likeness (QED) is 0.317. The van der Waals surface area contributed by atoms with Gasteiger partial charge in [-0.3, -0.25) is 9.29 Å². The van der Waals surface area contributed by atoms with Crippen molar-refractivity contribution in [3.8, 4) is 17.3 Å². The summed E-state index contributed by atoms with van der Waals surface area (Å²) < 4.78 is 71.8. The summed E-state index contributed by atoms with van der Waals surface area (Å²) in [6.07, 6.45) is 2.77. The molecular weight excluding hydrogens is 568 g/mol. The molecule has 0 bridgehead atoms. The van der Waals surface area contributed by atoms with E-state index in [0.29, 0.717) is 5.56 Å². The summed E-state index contributed by atoms with van der Waals surface area (Å²) in [7, 11) is -4.25. The lowest BCUT2D eigenvalue weighted by Gasteiger charge is -2.26. The first-order chi connectivity index (χ1) is 19.0. The molecule has 1 aliphatic heterocycles. The highest BCUT2D eigenvalue weighted by Gasteiger charge is 2.37. The lowest BCUT2D eigenvalue weighted by molar-refractivity contribution is 0.00154. The van der Waals surface area contributed by atoms with E-state index in [4.69, 9.17) is 21.1 Å². The Hall–Kier alpha value is -3.75. The third-order valence-corrected chi connectivity index (χ3v) is 8.07. The minimum Gasteiger partial charge on any atom is -0.475 e. The summed E-state index contributed by atoms with van der Waals surface area (Å²) in [5, 5.41) is 7.33. The van der Waals surface area contributed by atoms with Crippen LogP contribution >= 0.6 is 11.6 Å². The minimum atomic E-state index is -4.25. The molecule has 3 aromatic heterocycles. The van der Waals surface area contributed by atoms with Gasteiger partial charge < -0.3 is 9.47 Å². The van der Waals surface area contributed by atoms with Crippen molar-refractivity contribution in [2.75, 3.05) is 11.3 Å². The van der Waals surface area contributed by atoms with E-state index in [0.717, 1.165) is 12.1 Å². The Balaban J connectivity index is 1.58. The molecule has 0 radical (unpaired) electrons. The molecule has 11 nitrogen and oxygen atoms in total. The third kappa shape index (κ3) is 5.46. The summed E-state index contributed by atoms with van der Waals surface area (Å²) >= 11 is 5.91. The first-order valence-corrected chi connectivity index (χ1v) is 14.1. The number of rotatable bonds is 8. The number of nitrogens with one attached hydrogen (secondary N) is 1. The van der Waals surface area contributed by atoms with Gasteiger partial charge in [-0.25, -0.2) is 32.2 Å². The largest absolute Gasteiger partial charge is 0.475 e. The number of hydrogen-bond acceptors (Lipinski definition) is 9. The molecule has 210 valence electrons. The van der Waals surface area contributed by atoms with Crippen LogP contribution in [-0.2, 0) is 14.8 Å². The zero-order valence-corrected chi connectivity index (χ0v) is 23.1. The molecule has 3 atom stereocenters. The number of pyridine rings is 1. The lowest BCUT2D eigenvalue weighted by Crippen LogP contribution is -2.35. The van der Waals surface area contributed by atoms with Crippen LogP contribution in [0, 0.1) is 11.6 Å². The SMILES string of the molecule is CC(C)O[C@@H](c1ncc(Cl)cn1)[C@H](C)S(=O)(=O)Nc1nnc2n1[C@H](c1ccc(F)cc1F)COc1ncccc1-2. The average Bonchev–Trinajstić information content (AvgIpc) is 3.23. The van der Waals surface area contributed by atoms with Crippen molar-refractivity contribution in [3.63, 3.8) is 0 Å². The van der Waals surface area contributed by atoms with Gasteiger partial charge in [0.05, 0.1) is 16.7 Å². The minimum absolute atomic E-state index is 0.0411. The number of fused-ring (bicyclic) bond motifs is 3. The summed E-state index contributed by atoms with van der Waals surface area (Å²) in [5.41, 5.74) is 0.452. The Morgan fingerprint density at radius 1 is 1.12 bits per heavy atom. The molecule has 1 aliphatic rings. The van der Waals surface area contributed by atoms with Gasteiger partial charge in [0, 0.05) is 30.2 Å². The molecule has 4 aromatic rings. The predicted octanol–water partition coefficient (Wildman–Crippen LogP) is 4.34. The van der Waals surface area contributed by atoms with Gasteiger partial charge in [-0.15, -0.1) is 10.2 Å². The van der Waals surface area contributed by atoms with Gasteiger partial charge in [-0.1, -0.05) is 17.7 Å². The van der Waals surface area contributed by atoms with Gasteiger partial charge in [0.25, 0.3) is 0 Å². The zero-order chi connectivity index (χ0) is 28.6. The maximum atomic E-state index is 15.0. The van der Waals surface area contributed by atoms with Crippen molar-refractivity contribution >= 4 is 27.6 Å². The van der Waals surface area contributed by atoms with Crippen LogP contribution in [0.25, 0.3) is 11.4 Å². The molecule has 0 saturated carbocycles. The smallest absolute Gasteiger partial charge is 0.240 e. The monoisotopic (exact) mass is 591 g/mol. The second-order valence-corrected chi connectivity index (χ2v) is 11.8. The highest BCUT2D eigenvalue weighted by molar-refractivity contribution is 7.93. The van der Waals surface area contributed by atoms with Crippen molar-refractivity contribution in [1.29, 1.82) is 0 Å². The predicted molar refractivity (Wildman–Crippen MR) is 141 cm³/mol. The normalized spacial score (nSPS) is 16.4. The summed E-state index contributed by atoms with van der Waals surface area (Å²) in [6.45, 7) is 4.77. The fourth-order valence-electron chi connectivity index (χ4n) is 4.28. The topological polar surface area (TPSA) is 134 Å². The maximum absolute atomic E-state index is 15.0. The number of ether oxygens (including phenoxy) is 2. The Bertz CT molecular complexity index is 1640. The number of benzene rings is 1. The van der Waals surface area contributed by atoms with Crippen LogP contribution < -0.4 is 9.46 Å². The first-order valence-electron chi connectivity index (χ1n) is 12.2.